The van der Waals surface area contributed by atoms with E-state index in [1.54, 1.807) is 4.90 Å². The first kappa shape index (κ1) is 15.9. The van der Waals surface area contributed by atoms with E-state index < -0.39 is 5.82 Å². The van der Waals surface area contributed by atoms with Crippen LogP contribution in [0.2, 0.25) is 0 Å². The first-order valence-electron chi connectivity index (χ1n) is 8.31. The van der Waals surface area contributed by atoms with Gasteiger partial charge in [0.25, 0.3) is 5.91 Å². The fourth-order valence-electron chi connectivity index (χ4n) is 3.85. The Labute approximate surface area is 144 Å². The number of esters is 1. The zero-order chi connectivity index (χ0) is 17.6. The molecule has 2 aromatic rings. The second kappa shape index (κ2) is 5.75. The van der Waals surface area contributed by atoms with Gasteiger partial charge in [0.1, 0.15) is 5.82 Å². The van der Waals surface area contributed by atoms with Crippen molar-refractivity contribution in [1.29, 1.82) is 0 Å². The molecule has 25 heavy (non-hydrogen) atoms. The number of likely N-dealkylation sites (tertiary alicyclic amines) is 1. The van der Waals surface area contributed by atoms with E-state index in [0.29, 0.717) is 24.1 Å². The fraction of sp³-hybridized carbons (Fsp3) is 0.444. The van der Waals surface area contributed by atoms with Crippen molar-refractivity contribution in [3.05, 3.63) is 35.9 Å². The predicted molar refractivity (Wildman–Crippen MR) is 87.2 cm³/mol. The van der Waals surface area contributed by atoms with Crippen LogP contribution >= 0.6 is 0 Å². The lowest BCUT2D eigenvalue weighted by molar-refractivity contribution is -0.143. The van der Waals surface area contributed by atoms with E-state index in [2.05, 4.69) is 9.97 Å². The largest absolute Gasteiger partial charge is 0.469 e. The number of nitrogens with zero attached hydrogens (tertiary/aromatic N) is 3. The molecular formula is C18H18FN3O3. The molecule has 1 amide bonds. The molecule has 1 atom stereocenters. The number of aromatic nitrogens is 2. The highest BCUT2D eigenvalue weighted by Gasteiger charge is 2.59. The Morgan fingerprint density at radius 2 is 1.84 bits per heavy atom. The molecule has 2 aliphatic rings. The maximum absolute atomic E-state index is 14.3. The zero-order valence-corrected chi connectivity index (χ0v) is 13.9. The summed E-state index contributed by atoms with van der Waals surface area (Å²) in [6.45, 7) is 1.04. The summed E-state index contributed by atoms with van der Waals surface area (Å²) in [4.78, 5) is 34.2. The van der Waals surface area contributed by atoms with Crippen LogP contribution in [-0.4, -0.2) is 46.9 Å². The van der Waals surface area contributed by atoms with Crippen molar-refractivity contribution in [2.75, 3.05) is 20.2 Å². The first-order valence-corrected chi connectivity index (χ1v) is 8.31. The van der Waals surface area contributed by atoms with Crippen LogP contribution in [0.3, 0.4) is 0 Å². The van der Waals surface area contributed by atoms with E-state index in [0.717, 1.165) is 19.3 Å². The van der Waals surface area contributed by atoms with Gasteiger partial charge in [-0.2, -0.15) is 0 Å². The van der Waals surface area contributed by atoms with Gasteiger partial charge in [0.15, 0.2) is 0 Å². The van der Waals surface area contributed by atoms with Crippen molar-refractivity contribution in [1.82, 2.24) is 14.9 Å². The van der Waals surface area contributed by atoms with Crippen molar-refractivity contribution in [3.63, 3.8) is 0 Å². The molecule has 1 spiro atoms. The molecular weight excluding hydrogens is 325 g/mol. The summed E-state index contributed by atoms with van der Waals surface area (Å²) >= 11 is 0. The average Bonchev–Trinajstić information content (AvgIpc) is 3.34. The molecule has 1 saturated heterocycles. The molecule has 1 aliphatic heterocycles. The van der Waals surface area contributed by atoms with Gasteiger partial charge in [0, 0.05) is 31.5 Å². The van der Waals surface area contributed by atoms with Crippen LogP contribution in [0.1, 0.15) is 29.6 Å². The Balaban J connectivity index is 1.50. The van der Waals surface area contributed by atoms with Crippen molar-refractivity contribution in [3.8, 4) is 0 Å². The number of rotatable bonds is 2. The number of ether oxygens (including phenoxy) is 1. The lowest BCUT2D eigenvalue weighted by Crippen LogP contribution is -2.40. The Hall–Kier alpha value is -2.57. The third-order valence-corrected chi connectivity index (χ3v) is 5.51. The molecule has 1 aromatic carbocycles. The standard InChI is InChI=1S/C18H18FN3O3/c1-25-17(24)12-10-18(12)2-6-22(7-3-18)16(23)11-8-14-15(9-13(11)19)21-5-4-20-14/h4-5,8-9,12H,2-3,6-7,10H2,1H3/t12-/m0/s1. The lowest BCUT2D eigenvalue weighted by atomic mass is 9.90. The fourth-order valence-corrected chi connectivity index (χ4v) is 3.85. The molecule has 2 heterocycles. The number of hydrogen-bond acceptors (Lipinski definition) is 5. The summed E-state index contributed by atoms with van der Waals surface area (Å²) in [5.41, 5.74) is 0.906. The van der Waals surface area contributed by atoms with Crippen LogP contribution < -0.4 is 0 Å². The molecule has 4 rings (SSSR count). The smallest absolute Gasteiger partial charge is 0.309 e. The Morgan fingerprint density at radius 1 is 1.20 bits per heavy atom. The van der Waals surface area contributed by atoms with Gasteiger partial charge in [-0.15, -0.1) is 0 Å². The molecule has 0 radical (unpaired) electrons. The van der Waals surface area contributed by atoms with Crippen LogP contribution in [0.25, 0.3) is 11.0 Å². The molecule has 7 heteroatoms. The summed E-state index contributed by atoms with van der Waals surface area (Å²) in [5.74, 6) is -1.14. The van der Waals surface area contributed by atoms with E-state index in [1.807, 2.05) is 0 Å². The van der Waals surface area contributed by atoms with Crippen molar-refractivity contribution in [2.24, 2.45) is 11.3 Å². The van der Waals surface area contributed by atoms with Gasteiger partial charge >= 0.3 is 5.97 Å². The molecule has 0 unspecified atom stereocenters. The first-order chi connectivity index (χ1) is 12.0. The van der Waals surface area contributed by atoms with Crippen LogP contribution in [0.4, 0.5) is 4.39 Å². The van der Waals surface area contributed by atoms with Gasteiger partial charge in [-0.1, -0.05) is 0 Å². The van der Waals surface area contributed by atoms with Crippen LogP contribution in [0, 0.1) is 17.2 Å². The minimum atomic E-state index is -0.586. The average molecular weight is 343 g/mol. The second-order valence-corrected chi connectivity index (χ2v) is 6.81. The van der Waals surface area contributed by atoms with E-state index in [4.69, 9.17) is 4.74 Å². The van der Waals surface area contributed by atoms with E-state index in [1.165, 1.54) is 31.6 Å². The summed E-state index contributed by atoms with van der Waals surface area (Å²) in [5, 5.41) is 0. The number of hydrogen-bond donors (Lipinski definition) is 0. The molecule has 1 aromatic heterocycles. The number of piperidine rings is 1. The van der Waals surface area contributed by atoms with Crippen molar-refractivity contribution in [2.45, 2.75) is 19.3 Å². The molecule has 1 aliphatic carbocycles. The quantitative estimate of drug-likeness (QED) is 0.782. The van der Waals surface area contributed by atoms with Crippen LogP contribution in [-0.2, 0) is 9.53 Å². The number of amides is 1. The van der Waals surface area contributed by atoms with Crippen LogP contribution in [0.5, 0.6) is 0 Å². The Kier molecular flexibility index (Phi) is 3.67. The van der Waals surface area contributed by atoms with Gasteiger partial charge in [-0.25, -0.2) is 4.39 Å². The second-order valence-electron chi connectivity index (χ2n) is 6.81. The van der Waals surface area contributed by atoms with Gasteiger partial charge in [-0.3, -0.25) is 19.6 Å². The highest BCUT2D eigenvalue weighted by Crippen LogP contribution is 2.59. The maximum Gasteiger partial charge on any atom is 0.309 e. The Morgan fingerprint density at radius 3 is 2.48 bits per heavy atom. The zero-order valence-electron chi connectivity index (χ0n) is 13.9. The molecule has 130 valence electrons. The van der Waals surface area contributed by atoms with Gasteiger partial charge in [-0.05, 0) is 30.7 Å². The predicted octanol–water partition coefficient (Wildman–Crippen LogP) is 2.18. The van der Waals surface area contributed by atoms with Crippen LogP contribution in [0.15, 0.2) is 24.5 Å². The summed E-state index contributed by atoms with van der Waals surface area (Å²) in [6.07, 6.45) is 5.31. The van der Waals surface area contributed by atoms with Crippen molar-refractivity contribution < 1.29 is 18.7 Å². The lowest BCUT2D eigenvalue weighted by Gasteiger charge is -2.32. The van der Waals surface area contributed by atoms with Gasteiger partial charge in [0.2, 0.25) is 0 Å². The third-order valence-electron chi connectivity index (χ3n) is 5.51. The number of fused-ring (bicyclic) bond motifs is 1. The SMILES string of the molecule is COC(=O)[C@@H]1CC12CCN(C(=O)c1cc3nccnc3cc1F)CC2. The van der Waals surface area contributed by atoms with E-state index >= 15 is 0 Å². The molecule has 0 bridgehead atoms. The number of benzene rings is 1. The highest BCUT2D eigenvalue weighted by molar-refractivity contribution is 5.97. The third kappa shape index (κ3) is 2.63. The normalized spacial score (nSPS) is 21.4. The van der Waals surface area contributed by atoms with E-state index in [9.17, 15) is 14.0 Å². The minimum absolute atomic E-state index is 0.0178. The maximum atomic E-state index is 14.3. The molecule has 6 nitrogen and oxygen atoms in total. The summed E-state index contributed by atoms with van der Waals surface area (Å²) in [6, 6.07) is 2.70. The van der Waals surface area contributed by atoms with Crippen molar-refractivity contribution >= 4 is 22.9 Å². The summed E-state index contributed by atoms with van der Waals surface area (Å²) in [7, 11) is 1.40. The minimum Gasteiger partial charge on any atom is -0.469 e. The monoisotopic (exact) mass is 343 g/mol. The highest BCUT2D eigenvalue weighted by atomic mass is 19.1. The molecule has 0 N–H and O–H groups in total. The van der Waals surface area contributed by atoms with Gasteiger partial charge in [0.05, 0.1) is 29.6 Å². The van der Waals surface area contributed by atoms with E-state index in [-0.39, 0.29) is 28.8 Å². The number of halogens is 1. The molecule has 2 fully saturated rings. The summed E-state index contributed by atoms with van der Waals surface area (Å²) < 4.78 is 19.1. The number of methoxy groups -OCH3 is 1. The number of carbonyl (C=O) groups is 2. The topological polar surface area (TPSA) is 72.4 Å². The van der Waals surface area contributed by atoms with Gasteiger partial charge < -0.3 is 9.64 Å². The number of carbonyl (C=O) groups excluding carboxylic acids is 2. The Bertz CT molecular complexity index is 862. The molecule has 1 saturated carbocycles.